The Balaban J connectivity index is 2.37. The molecule has 31 heavy (non-hydrogen) atoms. The van der Waals surface area contributed by atoms with Crippen LogP contribution in [0, 0.1) is 11.3 Å². The molecule has 0 atom stereocenters. The van der Waals surface area contributed by atoms with Crippen molar-refractivity contribution in [2.24, 2.45) is 0 Å². The standard InChI is InChI=1S/C22H21NO8/c1-26-17-9-13(8-15(12-23)21(24)30-5)6-7-16(17)31-22(25)14-10-18(27-2)20(29-4)19(11-14)28-3/h6-11H,1-5H3. The maximum absolute atomic E-state index is 12.7. The van der Waals surface area contributed by atoms with E-state index in [1.54, 1.807) is 12.1 Å². The van der Waals surface area contributed by atoms with E-state index in [1.807, 2.05) is 0 Å². The average Bonchev–Trinajstić information content (AvgIpc) is 2.81. The minimum absolute atomic E-state index is 0.134. The van der Waals surface area contributed by atoms with Crippen molar-refractivity contribution in [1.29, 1.82) is 5.26 Å². The van der Waals surface area contributed by atoms with Gasteiger partial charge >= 0.3 is 11.9 Å². The number of esters is 2. The minimum atomic E-state index is -0.764. The van der Waals surface area contributed by atoms with Gasteiger partial charge in [-0.1, -0.05) is 6.07 Å². The van der Waals surface area contributed by atoms with Gasteiger partial charge in [-0.3, -0.25) is 0 Å². The van der Waals surface area contributed by atoms with E-state index in [1.165, 1.54) is 65.9 Å². The predicted molar refractivity (Wildman–Crippen MR) is 110 cm³/mol. The van der Waals surface area contributed by atoms with Gasteiger partial charge in [0.1, 0.15) is 11.6 Å². The third-order valence-corrected chi connectivity index (χ3v) is 4.13. The molecule has 9 heteroatoms. The van der Waals surface area contributed by atoms with E-state index in [0.717, 1.165) is 0 Å². The van der Waals surface area contributed by atoms with Crippen LogP contribution in [-0.4, -0.2) is 47.5 Å². The first-order valence-electron chi connectivity index (χ1n) is 8.82. The van der Waals surface area contributed by atoms with Crippen molar-refractivity contribution in [3.63, 3.8) is 0 Å². The Morgan fingerprint density at radius 3 is 1.94 bits per heavy atom. The van der Waals surface area contributed by atoms with Gasteiger partial charge in [0.25, 0.3) is 0 Å². The molecule has 0 bridgehead atoms. The Bertz CT molecular complexity index is 1030. The monoisotopic (exact) mass is 427 g/mol. The third kappa shape index (κ3) is 5.25. The van der Waals surface area contributed by atoms with Gasteiger partial charge in [0, 0.05) is 0 Å². The Morgan fingerprint density at radius 1 is 0.839 bits per heavy atom. The Hall–Kier alpha value is -4.19. The summed E-state index contributed by atoms with van der Waals surface area (Å²) in [6.07, 6.45) is 1.33. The molecule has 0 aliphatic rings. The molecule has 0 fully saturated rings. The smallest absolute Gasteiger partial charge is 0.348 e. The number of nitrogens with zero attached hydrogens (tertiary/aromatic N) is 1. The van der Waals surface area contributed by atoms with E-state index >= 15 is 0 Å². The molecule has 2 aromatic rings. The van der Waals surface area contributed by atoms with Crippen LogP contribution in [-0.2, 0) is 9.53 Å². The highest BCUT2D eigenvalue weighted by Crippen LogP contribution is 2.39. The first-order chi connectivity index (χ1) is 14.9. The molecule has 0 unspecified atom stereocenters. The van der Waals surface area contributed by atoms with Gasteiger partial charge in [0.15, 0.2) is 23.0 Å². The summed E-state index contributed by atoms with van der Waals surface area (Å²) in [6, 6.07) is 9.23. The molecule has 0 amide bonds. The molecule has 0 heterocycles. The molecule has 0 radical (unpaired) electrons. The summed E-state index contributed by atoms with van der Waals surface area (Å²) in [5.41, 5.74) is 0.455. The van der Waals surface area contributed by atoms with Crippen molar-refractivity contribution in [3.8, 4) is 34.8 Å². The van der Waals surface area contributed by atoms with Crippen molar-refractivity contribution >= 4 is 18.0 Å². The molecule has 0 aliphatic heterocycles. The van der Waals surface area contributed by atoms with Gasteiger partial charge in [0.2, 0.25) is 5.75 Å². The maximum Gasteiger partial charge on any atom is 0.348 e. The summed E-state index contributed by atoms with van der Waals surface area (Å²) in [5, 5.41) is 9.09. The topological polar surface area (TPSA) is 113 Å². The number of nitriles is 1. The minimum Gasteiger partial charge on any atom is -0.493 e. The highest BCUT2D eigenvalue weighted by atomic mass is 16.6. The average molecular weight is 427 g/mol. The fourth-order valence-electron chi connectivity index (χ4n) is 2.63. The molecule has 2 aromatic carbocycles. The highest BCUT2D eigenvalue weighted by Gasteiger charge is 2.20. The zero-order valence-electron chi connectivity index (χ0n) is 17.7. The summed E-state index contributed by atoms with van der Waals surface area (Å²) in [6.45, 7) is 0. The molecule has 2 rings (SSSR count). The lowest BCUT2D eigenvalue weighted by Crippen LogP contribution is -2.10. The van der Waals surface area contributed by atoms with Gasteiger partial charge < -0.3 is 28.4 Å². The molecular weight excluding hydrogens is 406 g/mol. The van der Waals surface area contributed by atoms with E-state index in [2.05, 4.69) is 4.74 Å². The second-order valence-electron chi connectivity index (χ2n) is 5.88. The van der Waals surface area contributed by atoms with Crippen LogP contribution in [0.2, 0.25) is 0 Å². The van der Waals surface area contributed by atoms with E-state index in [-0.39, 0.29) is 22.6 Å². The molecular formula is C22H21NO8. The van der Waals surface area contributed by atoms with Gasteiger partial charge in [-0.25, -0.2) is 9.59 Å². The van der Waals surface area contributed by atoms with Crippen LogP contribution in [0.25, 0.3) is 6.08 Å². The first-order valence-corrected chi connectivity index (χ1v) is 8.82. The second-order valence-corrected chi connectivity index (χ2v) is 5.88. The fourth-order valence-corrected chi connectivity index (χ4v) is 2.63. The lowest BCUT2D eigenvalue weighted by molar-refractivity contribution is -0.135. The quantitative estimate of drug-likeness (QED) is 0.271. The summed E-state index contributed by atoms with van der Waals surface area (Å²) in [5.74, 6) is -0.158. The van der Waals surface area contributed by atoms with E-state index in [0.29, 0.717) is 22.8 Å². The normalized spacial score (nSPS) is 10.5. The van der Waals surface area contributed by atoms with Crippen LogP contribution in [0.1, 0.15) is 15.9 Å². The third-order valence-electron chi connectivity index (χ3n) is 4.13. The molecule has 0 N–H and O–H groups in total. The second kappa shape index (κ2) is 10.5. The molecule has 162 valence electrons. The van der Waals surface area contributed by atoms with Gasteiger partial charge in [-0.2, -0.15) is 5.26 Å². The lowest BCUT2D eigenvalue weighted by atomic mass is 10.1. The Kier molecular flexibility index (Phi) is 7.86. The predicted octanol–water partition coefficient (Wildman–Crippen LogP) is 3.02. The molecule has 0 saturated carbocycles. The maximum atomic E-state index is 12.7. The summed E-state index contributed by atoms with van der Waals surface area (Å²) in [7, 11) is 6.90. The largest absolute Gasteiger partial charge is 0.493 e. The summed E-state index contributed by atoms with van der Waals surface area (Å²) < 4.78 is 31.0. The number of benzene rings is 2. The molecule has 0 spiro atoms. The van der Waals surface area contributed by atoms with Crippen LogP contribution in [0.15, 0.2) is 35.9 Å². The van der Waals surface area contributed by atoms with E-state index < -0.39 is 11.9 Å². The number of hydrogen-bond donors (Lipinski definition) is 0. The number of carbonyl (C=O) groups excluding carboxylic acids is 2. The van der Waals surface area contributed by atoms with Crippen molar-refractivity contribution < 1.29 is 38.0 Å². The molecule has 9 nitrogen and oxygen atoms in total. The molecule has 0 saturated heterocycles. The molecule has 0 aromatic heterocycles. The van der Waals surface area contributed by atoms with E-state index in [4.69, 9.17) is 28.9 Å². The van der Waals surface area contributed by atoms with Crippen LogP contribution in [0.5, 0.6) is 28.7 Å². The van der Waals surface area contributed by atoms with Gasteiger partial charge in [0.05, 0.1) is 41.1 Å². The van der Waals surface area contributed by atoms with E-state index in [9.17, 15) is 9.59 Å². The van der Waals surface area contributed by atoms with Crippen LogP contribution < -0.4 is 23.7 Å². The van der Waals surface area contributed by atoms with Gasteiger partial charge in [-0.05, 0) is 35.9 Å². The Labute approximate surface area is 179 Å². The lowest BCUT2D eigenvalue weighted by Gasteiger charge is -2.14. The zero-order chi connectivity index (χ0) is 23.0. The number of methoxy groups -OCH3 is 5. The van der Waals surface area contributed by atoms with Gasteiger partial charge in [-0.15, -0.1) is 0 Å². The van der Waals surface area contributed by atoms with Crippen molar-refractivity contribution in [3.05, 3.63) is 47.0 Å². The van der Waals surface area contributed by atoms with Crippen molar-refractivity contribution in [1.82, 2.24) is 0 Å². The first kappa shape index (κ1) is 23.1. The van der Waals surface area contributed by atoms with Crippen LogP contribution >= 0.6 is 0 Å². The number of ether oxygens (including phenoxy) is 6. The number of hydrogen-bond acceptors (Lipinski definition) is 9. The van der Waals surface area contributed by atoms with Crippen LogP contribution in [0.3, 0.4) is 0 Å². The number of carbonyl (C=O) groups is 2. The number of rotatable bonds is 8. The Morgan fingerprint density at radius 2 is 1.45 bits per heavy atom. The fraction of sp³-hybridized carbons (Fsp3) is 0.227. The zero-order valence-corrected chi connectivity index (χ0v) is 17.7. The summed E-state index contributed by atoms with van der Waals surface area (Å²) >= 11 is 0. The SMILES string of the molecule is COC(=O)C(C#N)=Cc1ccc(OC(=O)c2cc(OC)c(OC)c(OC)c2)c(OC)c1. The highest BCUT2D eigenvalue weighted by molar-refractivity contribution is 5.98. The van der Waals surface area contributed by atoms with Crippen LogP contribution in [0.4, 0.5) is 0 Å². The molecule has 0 aliphatic carbocycles. The van der Waals surface area contributed by atoms with Crippen molar-refractivity contribution in [2.45, 2.75) is 0 Å². The van der Waals surface area contributed by atoms with Crippen molar-refractivity contribution in [2.75, 3.05) is 35.5 Å². The summed E-state index contributed by atoms with van der Waals surface area (Å²) in [4.78, 5) is 24.3.